The molecule has 9 heteroatoms. The number of benzene rings is 1. The second-order valence-electron chi connectivity index (χ2n) is 7.44. The van der Waals surface area contributed by atoms with E-state index in [-0.39, 0.29) is 30.4 Å². The molecule has 2 N–H and O–H groups in total. The number of hydrogen-bond donors (Lipinski definition) is 2. The fourth-order valence-electron chi connectivity index (χ4n) is 2.13. The van der Waals surface area contributed by atoms with Crippen LogP contribution in [0.1, 0.15) is 34.6 Å². The molecular weight excluding hydrogens is 389 g/mol. The summed E-state index contributed by atoms with van der Waals surface area (Å²) in [6, 6.07) is 4.88. The van der Waals surface area contributed by atoms with E-state index in [2.05, 4.69) is 20.6 Å². The second kappa shape index (κ2) is 8.27. The molecule has 1 aromatic carbocycles. The first-order valence-electron chi connectivity index (χ1n) is 8.47. The van der Waals surface area contributed by atoms with Gasteiger partial charge in [-0.2, -0.15) is 4.99 Å². The lowest BCUT2D eigenvalue weighted by Crippen LogP contribution is -2.41. The minimum Gasteiger partial charge on any atom is -0.331 e. The molecule has 27 heavy (non-hydrogen) atoms. The highest BCUT2D eigenvalue weighted by Crippen LogP contribution is 2.26. The summed E-state index contributed by atoms with van der Waals surface area (Å²) in [5.74, 6) is -0.0382. The zero-order valence-corrected chi connectivity index (χ0v) is 17.4. The van der Waals surface area contributed by atoms with Crippen molar-refractivity contribution in [3.63, 3.8) is 0 Å². The lowest BCUT2D eigenvalue weighted by Gasteiger charge is -2.22. The van der Waals surface area contributed by atoms with Crippen LogP contribution in [0.25, 0.3) is 0 Å². The van der Waals surface area contributed by atoms with E-state index in [1.807, 2.05) is 13.8 Å². The number of halogens is 2. The first kappa shape index (κ1) is 21.2. The second-order valence-corrected chi connectivity index (χ2v) is 8.26. The van der Waals surface area contributed by atoms with Gasteiger partial charge in [0, 0.05) is 11.5 Å². The van der Waals surface area contributed by atoms with Gasteiger partial charge in [-0.05, 0) is 32.0 Å². The number of amides is 2. The third-order valence-electron chi connectivity index (χ3n) is 3.72. The van der Waals surface area contributed by atoms with Gasteiger partial charge < -0.3 is 4.90 Å². The van der Waals surface area contributed by atoms with E-state index in [9.17, 15) is 9.59 Å². The van der Waals surface area contributed by atoms with Gasteiger partial charge in [0.1, 0.15) is 6.54 Å². The van der Waals surface area contributed by atoms with E-state index in [4.69, 9.17) is 23.2 Å². The minimum absolute atomic E-state index is 0.0484. The Morgan fingerprint density at radius 3 is 2.48 bits per heavy atom. The Hall–Kier alpha value is -2.12. The third-order valence-corrected chi connectivity index (χ3v) is 4.46. The molecule has 0 radical (unpaired) electrons. The highest BCUT2D eigenvalue weighted by Gasteiger charge is 2.28. The van der Waals surface area contributed by atoms with E-state index in [1.165, 1.54) is 0 Å². The molecule has 2 rings (SSSR count). The van der Waals surface area contributed by atoms with E-state index in [0.717, 1.165) is 0 Å². The standard InChI is InChI=1S/C18H23Cl2N5O2/c1-10(2)25-9-14(26)22-17(25)24-16(23-15(27)18(3,4)5)21-11-6-7-12(19)13(20)8-11/h6-8,10H,9H2,1-5H3,(H2,21,22,23,24,26,27). The van der Waals surface area contributed by atoms with Crippen molar-refractivity contribution in [3.05, 3.63) is 28.2 Å². The van der Waals surface area contributed by atoms with Crippen LogP contribution in [0.4, 0.5) is 5.69 Å². The van der Waals surface area contributed by atoms with Crippen LogP contribution < -0.4 is 10.6 Å². The Bertz CT molecular complexity index is 812. The van der Waals surface area contributed by atoms with Crippen molar-refractivity contribution < 1.29 is 9.59 Å². The van der Waals surface area contributed by atoms with Crippen LogP contribution >= 0.6 is 23.2 Å². The van der Waals surface area contributed by atoms with Crippen molar-refractivity contribution in [1.29, 1.82) is 0 Å². The molecule has 0 saturated carbocycles. The fourth-order valence-corrected chi connectivity index (χ4v) is 2.42. The molecule has 1 aromatic rings. The topological polar surface area (TPSA) is 86.2 Å². The smallest absolute Gasteiger partial charge is 0.246 e. The van der Waals surface area contributed by atoms with Crippen LogP contribution in [0.3, 0.4) is 0 Å². The number of carbonyl (C=O) groups is 2. The molecule has 1 fully saturated rings. The number of nitrogens with one attached hydrogen (secondary N) is 2. The van der Waals surface area contributed by atoms with Gasteiger partial charge >= 0.3 is 0 Å². The van der Waals surface area contributed by atoms with Gasteiger partial charge in [0.2, 0.25) is 23.7 Å². The van der Waals surface area contributed by atoms with Crippen molar-refractivity contribution in [2.45, 2.75) is 40.7 Å². The Balaban J connectivity index is 2.44. The number of nitrogens with zero attached hydrogens (tertiary/aromatic N) is 3. The summed E-state index contributed by atoms with van der Waals surface area (Å²) < 4.78 is 0. The van der Waals surface area contributed by atoms with Crippen LogP contribution in [-0.2, 0) is 9.59 Å². The summed E-state index contributed by atoms with van der Waals surface area (Å²) in [4.78, 5) is 34.8. The molecule has 7 nitrogen and oxygen atoms in total. The van der Waals surface area contributed by atoms with Gasteiger partial charge in [-0.1, -0.05) is 44.0 Å². The van der Waals surface area contributed by atoms with E-state index in [1.54, 1.807) is 43.9 Å². The first-order valence-corrected chi connectivity index (χ1v) is 9.23. The fraction of sp³-hybridized carbons (Fsp3) is 0.444. The molecule has 0 unspecified atom stereocenters. The molecule has 0 aromatic heterocycles. The van der Waals surface area contributed by atoms with Gasteiger partial charge in [0.05, 0.1) is 15.7 Å². The van der Waals surface area contributed by atoms with E-state index >= 15 is 0 Å². The lowest BCUT2D eigenvalue weighted by atomic mass is 9.96. The molecule has 0 bridgehead atoms. The molecule has 1 aliphatic rings. The van der Waals surface area contributed by atoms with Gasteiger partial charge in [-0.25, -0.2) is 4.99 Å². The molecular formula is C18H23Cl2N5O2. The van der Waals surface area contributed by atoms with Gasteiger partial charge in [-0.15, -0.1) is 0 Å². The maximum absolute atomic E-state index is 12.4. The van der Waals surface area contributed by atoms with E-state index < -0.39 is 5.41 Å². The van der Waals surface area contributed by atoms with Crippen molar-refractivity contribution in [1.82, 2.24) is 15.5 Å². The monoisotopic (exact) mass is 411 g/mol. The number of carbonyl (C=O) groups excluding carboxylic acids is 2. The van der Waals surface area contributed by atoms with Gasteiger partial charge in [0.15, 0.2) is 0 Å². The predicted octanol–water partition coefficient (Wildman–Crippen LogP) is 3.34. The van der Waals surface area contributed by atoms with Crippen molar-refractivity contribution >= 4 is 52.6 Å². The lowest BCUT2D eigenvalue weighted by molar-refractivity contribution is -0.127. The largest absolute Gasteiger partial charge is 0.331 e. The molecule has 0 atom stereocenters. The number of guanidine groups is 2. The summed E-state index contributed by atoms with van der Waals surface area (Å²) in [5.41, 5.74) is -0.173. The van der Waals surface area contributed by atoms with Gasteiger partial charge in [0.25, 0.3) is 0 Å². The number of aliphatic imine (C=N–C) groups is 2. The van der Waals surface area contributed by atoms with Crippen LogP contribution in [0.2, 0.25) is 10.0 Å². The summed E-state index contributed by atoms with van der Waals surface area (Å²) in [5, 5.41) is 6.14. The molecule has 1 aliphatic heterocycles. The molecule has 0 aliphatic carbocycles. The summed E-state index contributed by atoms with van der Waals surface area (Å²) in [7, 11) is 0. The summed E-state index contributed by atoms with van der Waals surface area (Å²) in [6.07, 6.45) is 0. The third kappa shape index (κ3) is 5.68. The zero-order chi connectivity index (χ0) is 20.4. The van der Waals surface area contributed by atoms with Crippen molar-refractivity contribution in [2.24, 2.45) is 15.4 Å². The molecule has 1 saturated heterocycles. The van der Waals surface area contributed by atoms with Crippen molar-refractivity contribution in [3.8, 4) is 0 Å². The highest BCUT2D eigenvalue weighted by atomic mass is 35.5. The Morgan fingerprint density at radius 1 is 1.26 bits per heavy atom. The molecule has 2 amide bonds. The molecule has 146 valence electrons. The van der Waals surface area contributed by atoms with Crippen LogP contribution in [0.5, 0.6) is 0 Å². The molecule has 0 spiro atoms. The van der Waals surface area contributed by atoms with Crippen LogP contribution in [-0.4, -0.2) is 41.2 Å². The van der Waals surface area contributed by atoms with Crippen LogP contribution in [0.15, 0.2) is 28.2 Å². The highest BCUT2D eigenvalue weighted by molar-refractivity contribution is 6.42. The van der Waals surface area contributed by atoms with Gasteiger partial charge in [-0.3, -0.25) is 20.2 Å². The average molecular weight is 412 g/mol. The maximum Gasteiger partial charge on any atom is 0.246 e. The normalized spacial score (nSPS) is 16.9. The summed E-state index contributed by atoms with van der Waals surface area (Å²) >= 11 is 12.0. The maximum atomic E-state index is 12.4. The van der Waals surface area contributed by atoms with Crippen molar-refractivity contribution in [2.75, 3.05) is 6.54 Å². The molecule has 1 heterocycles. The number of rotatable bonds is 2. The Labute approximate surface area is 168 Å². The number of hydrogen-bond acceptors (Lipinski definition) is 3. The minimum atomic E-state index is -0.644. The SMILES string of the molecule is CC(C)N1CC(=O)N/C1=N/C(=Nc1ccc(Cl)c(Cl)c1)NC(=O)C(C)(C)C. The summed E-state index contributed by atoms with van der Waals surface area (Å²) in [6.45, 7) is 9.43. The quantitative estimate of drug-likeness (QED) is 0.577. The van der Waals surface area contributed by atoms with Crippen LogP contribution in [0, 0.1) is 5.41 Å². The predicted molar refractivity (Wildman–Crippen MR) is 109 cm³/mol. The Kier molecular flexibility index (Phi) is 6.49. The Morgan fingerprint density at radius 2 is 1.93 bits per heavy atom. The van der Waals surface area contributed by atoms with E-state index in [0.29, 0.717) is 21.7 Å². The zero-order valence-electron chi connectivity index (χ0n) is 15.9. The first-order chi connectivity index (χ1) is 12.5. The average Bonchev–Trinajstić information content (AvgIpc) is 2.90.